The molecule has 2 aliphatic rings. The number of rotatable bonds is 6. The molecule has 0 aromatic carbocycles. The Morgan fingerprint density at radius 1 is 1.30 bits per heavy atom. The Hall–Kier alpha value is -0.610. The van der Waals surface area contributed by atoms with E-state index < -0.39 is 0 Å². The third-order valence-electron chi connectivity index (χ3n) is 4.88. The molecule has 2 heterocycles. The molecule has 116 valence electrons. The molecule has 4 nitrogen and oxygen atoms in total. The van der Waals surface area contributed by atoms with Gasteiger partial charge in [0.15, 0.2) is 0 Å². The summed E-state index contributed by atoms with van der Waals surface area (Å²) in [6.07, 6.45) is 6.72. The van der Waals surface area contributed by atoms with Crippen molar-refractivity contribution in [2.24, 2.45) is 5.41 Å². The minimum Gasteiger partial charge on any atom is -0.352 e. The number of carbonyl (C=O) groups is 1. The van der Waals surface area contributed by atoms with Crippen LogP contribution in [0, 0.1) is 5.41 Å². The summed E-state index contributed by atoms with van der Waals surface area (Å²) < 4.78 is 0. The second-order valence-corrected chi connectivity index (χ2v) is 6.66. The molecule has 0 bridgehead atoms. The van der Waals surface area contributed by atoms with Crippen LogP contribution in [-0.2, 0) is 4.79 Å². The number of likely N-dealkylation sites (tertiary alicyclic amines) is 1. The van der Waals surface area contributed by atoms with Gasteiger partial charge in [0, 0.05) is 12.6 Å². The molecule has 2 rings (SSSR count). The molecular formula is C16H31N3O. The van der Waals surface area contributed by atoms with Gasteiger partial charge in [0.2, 0.25) is 5.91 Å². The van der Waals surface area contributed by atoms with Gasteiger partial charge in [-0.05, 0) is 65.2 Å². The Labute approximate surface area is 123 Å². The Morgan fingerprint density at radius 3 is 2.55 bits per heavy atom. The minimum absolute atomic E-state index is 0.112. The molecule has 4 heteroatoms. The van der Waals surface area contributed by atoms with Gasteiger partial charge in [0.25, 0.3) is 0 Å². The van der Waals surface area contributed by atoms with Crippen LogP contribution in [0.5, 0.6) is 0 Å². The third-order valence-corrected chi connectivity index (χ3v) is 4.88. The van der Waals surface area contributed by atoms with E-state index in [4.69, 9.17) is 0 Å². The Morgan fingerprint density at radius 2 is 1.95 bits per heavy atom. The fraction of sp³-hybridized carbons (Fsp3) is 0.938. The van der Waals surface area contributed by atoms with Crippen LogP contribution >= 0.6 is 0 Å². The van der Waals surface area contributed by atoms with Gasteiger partial charge in [-0.3, -0.25) is 4.79 Å². The largest absolute Gasteiger partial charge is 0.352 e. The maximum atomic E-state index is 12.7. The first kappa shape index (κ1) is 15.8. The monoisotopic (exact) mass is 281 g/mol. The quantitative estimate of drug-likeness (QED) is 0.780. The molecule has 0 radical (unpaired) electrons. The van der Waals surface area contributed by atoms with E-state index in [0.29, 0.717) is 5.91 Å². The number of carbonyl (C=O) groups excluding carboxylic acids is 1. The van der Waals surface area contributed by atoms with E-state index >= 15 is 0 Å². The standard InChI is InChI=1S/C16H31N3O/c1-3-6-16(7-9-17-10-8-16)15(20)18-14(2)13-19-11-4-5-12-19/h14,17H,3-13H2,1-2H3,(H,18,20). The zero-order valence-corrected chi connectivity index (χ0v) is 13.2. The lowest BCUT2D eigenvalue weighted by atomic mass is 9.74. The van der Waals surface area contributed by atoms with Crippen molar-refractivity contribution in [3.8, 4) is 0 Å². The van der Waals surface area contributed by atoms with Gasteiger partial charge < -0.3 is 15.5 Å². The van der Waals surface area contributed by atoms with Crippen LogP contribution in [0.3, 0.4) is 0 Å². The second kappa shape index (κ2) is 7.41. The Kier molecular flexibility index (Phi) is 5.85. The zero-order valence-electron chi connectivity index (χ0n) is 13.2. The molecule has 1 unspecified atom stereocenters. The molecule has 0 aliphatic carbocycles. The van der Waals surface area contributed by atoms with E-state index in [1.807, 2.05) is 0 Å². The summed E-state index contributed by atoms with van der Waals surface area (Å²) >= 11 is 0. The summed E-state index contributed by atoms with van der Waals surface area (Å²) in [5.41, 5.74) is -0.112. The number of nitrogens with one attached hydrogen (secondary N) is 2. The van der Waals surface area contributed by atoms with Crippen molar-refractivity contribution >= 4 is 5.91 Å². The number of piperidine rings is 1. The van der Waals surface area contributed by atoms with Gasteiger partial charge >= 0.3 is 0 Å². The van der Waals surface area contributed by atoms with Crippen molar-refractivity contribution in [2.75, 3.05) is 32.7 Å². The van der Waals surface area contributed by atoms with E-state index in [0.717, 1.165) is 45.3 Å². The molecule has 2 saturated heterocycles. The lowest BCUT2D eigenvalue weighted by Gasteiger charge is -2.37. The van der Waals surface area contributed by atoms with Crippen LogP contribution < -0.4 is 10.6 Å². The maximum Gasteiger partial charge on any atom is 0.226 e. The van der Waals surface area contributed by atoms with Crippen LogP contribution in [-0.4, -0.2) is 49.6 Å². The van der Waals surface area contributed by atoms with Crippen LogP contribution in [0.15, 0.2) is 0 Å². The van der Waals surface area contributed by atoms with Crippen LogP contribution in [0.25, 0.3) is 0 Å². The topological polar surface area (TPSA) is 44.4 Å². The zero-order chi connectivity index (χ0) is 14.4. The fourth-order valence-electron chi connectivity index (χ4n) is 3.75. The lowest BCUT2D eigenvalue weighted by Crippen LogP contribution is -2.51. The molecule has 2 fully saturated rings. The first-order chi connectivity index (χ1) is 9.66. The fourth-order valence-corrected chi connectivity index (χ4v) is 3.75. The van der Waals surface area contributed by atoms with Gasteiger partial charge in [-0.1, -0.05) is 13.3 Å². The summed E-state index contributed by atoms with van der Waals surface area (Å²) in [6.45, 7) is 9.70. The highest BCUT2D eigenvalue weighted by molar-refractivity contribution is 5.83. The van der Waals surface area contributed by atoms with Crippen molar-refractivity contribution < 1.29 is 4.79 Å². The van der Waals surface area contributed by atoms with E-state index in [1.165, 1.54) is 25.9 Å². The number of hydrogen-bond donors (Lipinski definition) is 2. The minimum atomic E-state index is -0.112. The molecule has 0 saturated carbocycles. The third kappa shape index (κ3) is 3.95. The SMILES string of the molecule is CCCC1(C(=O)NC(C)CN2CCCC2)CCNCC1. The number of hydrogen-bond acceptors (Lipinski definition) is 3. The molecule has 0 aromatic rings. The van der Waals surface area contributed by atoms with Crippen LogP contribution in [0.2, 0.25) is 0 Å². The molecule has 2 aliphatic heterocycles. The van der Waals surface area contributed by atoms with Crippen molar-refractivity contribution in [1.82, 2.24) is 15.5 Å². The van der Waals surface area contributed by atoms with E-state index in [1.54, 1.807) is 0 Å². The van der Waals surface area contributed by atoms with E-state index in [-0.39, 0.29) is 11.5 Å². The van der Waals surface area contributed by atoms with Crippen molar-refractivity contribution in [2.45, 2.75) is 58.4 Å². The molecule has 0 aromatic heterocycles. The predicted molar refractivity (Wildman–Crippen MR) is 82.7 cm³/mol. The highest BCUT2D eigenvalue weighted by atomic mass is 16.2. The van der Waals surface area contributed by atoms with E-state index in [9.17, 15) is 4.79 Å². The normalized spacial score (nSPS) is 24.5. The van der Waals surface area contributed by atoms with Crippen molar-refractivity contribution in [1.29, 1.82) is 0 Å². The lowest BCUT2D eigenvalue weighted by molar-refractivity contribution is -0.134. The predicted octanol–water partition coefficient (Wildman–Crippen LogP) is 1.76. The average Bonchev–Trinajstić information content (AvgIpc) is 2.92. The van der Waals surface area contributed by atoms with E-state index in [2.05, 4.69) is 29.4 Å². The average molecular weight is 281 g/mol. The Bertz CT molecular complexity index is 301. The van der Waals surface area contributed by atoms with Gasteiger partial charge in [0.1, 0.15) is 0 Å². The Balaban J connectivity index is 1.86. The smallest absolute Gasteiger partial charge is 0.226 e. The summed E-state index contributed by atoms with van der Waals surface area (Å²) in [7, 11) is 0. The van der Waals surface area contributed by atoms with Gasteiger partial charge in [-0.15, -0.1) is 0 Å². The summed E-state index contributed by atoms with van der Waals surface area (Å²) in [6, 6.07) is 0.268. The first-order valence-electron chi connectivity index (χ1n) is 8.40. The molecular weight excluding hydrogens is 250 g/mol. The van der Waals surface area contributed by atoms with Crippen LogP contribution in [0.4, 0.5) is 0 Å². The number of nitrogens with zero attached hydrogens (tertiary/aromatic N) is 1. The van der Waals surface area contributed by atoms with Crippen molar-refractivity contribution in [3.63, 3.8) is 0 Å². The maximum absolute atomic E-state index is 12.7. The highest BCUT2D eigenvalue weighted by Gasteiger charge is 2.38. The summed E-state index contributed by atoms with van der Waals surface area (Å²) in [5.74, 6) is 0.299. The molecule has 2 N–H and O–H groups in total. The van der Waals surface area contributed by atoms with Crippen molar-refractivity contribution in [3.05, 3.63) is 0 Å². The summed E-state index contributed by atoms with van der Waals surface area (Å²) in [5, 5.41) is 6.67. The first-order valence-corrected chi connectivity index (χ1v) is 8.40. The second-order valence-electron chi connectivity index (χ2n) is 6.66. The van der Waals surface area contributed by atoms with Gasteiger partial charge in [-0.2, -0.15) is 0 Å². The van der Waals surface area contributed by atoms with Gasteiger partial charge in [0.05, 0.1) is 5.41 Å². The van der Waals surface area contributed by atoms with Crippen LogP contribution in [0.1, 0.15) is 52.4 Å². The molecule has 20 heavy (non-hydrogen) atoms. The molecule has 1 amide bonds. The molecule has 0 spiro atoms. The van der Waals surface area contributed by atoms with Gasteiger partial charge in [-0.25, -0.2) is 0 Å². The molecule has 1 atom stereocenters. The highest BCUT2D eigenvalue weighted by Crippen LogP contribution is 2.34. The number of amides is 1. The summed E-state index contributed by atoms with van der Waals surface area (Å²) in [4.78, 5) is 15.2.